The number of carbonyl (C=O) groups is 1. The first-order valence-corrected chi connectivity index (χ1v) is 8.58. The summed E-state index contributed by atoms with van der Waals surface area (Å²) in [5, 5.41) is 3.43. The smallest absolute Gasteiger partial charge is 0.220 e. The molecule has 5 rings (SSSR count). The summed E-state index contributed by atoms with van der Waals surface area (Å²) in [4.78, 5) is 14.7. The zero-order valence-corrected chi connectivity index (χ0v) is 12.7. The molecule has 0 aromatic carbocycles. The molecule has 7 atom stereocenters. The van der Waals surface area contributed by atoms with E-state index < -0.39 is 0 Å². The average Bonchev–Trinajstić information content (AvgIpc) is 2.70. The first-order valence-electron chi connectivity index (χ1n) is 8.58. The largest absolute Gasteiger partial charge is 0.353 e. The Hall–Kier alpha value is -0.570. The quantitative estimate of drug-likeness (QED) is 0.733. The van der Waals surface area contributed by atoms with Gasteiger partial charge in [-0.1, -0.05) is 6.92 Å². The maximum absolute atomic E-state index is 12.0. The van der Waals surface area contributed by atoms with E-state index in [1.807, 2.05) is 0 Å². The molecule has 1 amide bonds. The van der Waals surface area contributed by atoms with Crippen LogP contribution in [0, 0.1) is 29.1 Å². The van der Waals surface area contributed by atoms with Crippen LogP contribution >= 0.6 is 0 Å². The highest BCUT2D eigenvalue weighted by Gasteiger charge is 2.78. The van der Waals surface area contributed by atoms with Gasteiger partial charge in [0.15, 0.2) is 0 Å². The minimum Gasteiger partial charge on any atom is -0.353 e. The second-order valence-corrected chi connectivity index (χ2v) is 8.55. The van der Waals surface area contributed by atoms with Gasteiger partial charge in [-0.2, -0.15) is 0 Å². The van der Waals surface area contributed by atoms with Crippen molar-refractivity contribution in [3.8, 4) is 0 Å². The first kappa shape index (κ1) is 12.0. The third-order valence-electron chi connectivity index (χ3n) is 8.06. The maximum Gasteiger partial charge on any atom is 0.220 e. The third kappa shape index (κ3) is 1.03. The van der Waals surface area contributed by atoms with Gasteiger partial charge in [0.25, 0.3) is 0 Å². The van der Waals surface area contributed by atoms with Crippen LogP contribution in [0.15, 0.2) is 0 Å². The Morgan fingerprint density at radius 2 is 2.15 bits per heavy atom. The molecule has 5 fully saturated rings. The van der Waals surface area contributed by atoms with Crippen LogP contribution in [0.4, 0.5) is 0 Å². The lowest BCUT2D eigenvalue weighted by Gasteiger charge is -2.64. The highest BCUT2D eigenvalue weighted by Crippen LogP contribution is 2.74. The van der Waals surface area contributed by atoms with E-state index in [2.05, 4.69) is 24.2 Å². The van der Waals surface area contributed by atoms with Crippen LogP contribution in [0.2, 0.25) is 0 Å². The summed E-state index contributed by atoms with van der Waals surface area (Å²) in [6.07, 6.45) is 7.44. The van der Waals surface area contributed by atoms with E-state index in [4.69, 9.17) is 0 Å². The van der Waals surface area contributed by atoms with Gasteiger partial charge in [0.05, 0.1) is 0 Å². The van der Waals surface area contributed by atoms with Crippen molar-refractivity contribution >= 4 is 5.91 Å². The lowest BCUT2D eigenvalue weighted by Crippen LogP contribution is -2.71. The predicted octanol–water partition coefficient (Wildman–Crippen LogP) is 2.02. The average molecular weight is 274 g/mol. The summed E-state index contributed by atoms with van der Waals surface area (Å²) in [6, 6.07) is 0.481. The van der Waals surface area contributed by atoms with E-state index in [1.54, 1.807) is 0 Å². The monoisotopic (exact) mass is 274 g/mol. The molecule has 0 radical (unpaired) electrons. The molecule has 7 unspecified atom stereocenters. The SMILES string of the molecule is CC1CC2CC3NC(=O)CCC34C3CC2C4(C1)N(C)C3. The van der Waals surface area contributed by atoms with Crippen LogP contribution in [0.3, 0.4) is 0 Å². The summed E-state index contributed by atoms with van der Waals surface area (Å²) in [5.41, 5.74) is 0.849. The van der Waals surface area contributed by atoms with Crippen molar-refractivity contribution in [2.45, 2.75) is 57.0 Å². The molecule has 5 bridgehead atoms. The minimum atomic E-state index is 0.315. The number of rotatable bonds is 0. The zero-order chi connectivity index (χ0) is 13.7. The molecular weight excluding hydrogens is 248 g/mol. The van der Waals surface area contributed by atoms with Crippen LogP contribution in [-0.2, 0) is 4.79 Å². The Bertz CT molecular complexity index is 491. The van der Waals surface area contributed by atoms with Crippen molar-refractivity contribution in [2.75, 3.05) is 13.6 Å². The highest BCUT2D eigenvalue weighted by molar-refractivity contribution is 5.78. The molecule has 3 nitrogen and oxygen atoms in total. The number of carbonyl (C=O) groups excluding carboxylic acids is 1. The van der Waals surface area contributed by atoms with Crippen molar-refractivity contribution in [1.82, 2.24) is 10.2 Å². The predicted molar refractivity (Wildman–Crippen MR) is 77.1 cm³/mol. The Labute approximate surface area is 121 Å². The number of hydrogen-bond donors (Lipinski definition) is 1. The standard InChI is InChI=1S/C17H26N2O/c1-10-5-11-6-14-16(4-3-15(20)18-14)12-7-13(11)17(16,8-10)19(2)9-12/h10-14H,3-9H2,1-2H3,(H,18,20). The number of likely N-dealkylation sites (tertiary alicyclic amines) is 1. The second kappa shape index (κ2) is 3.43. The Balaban J connectivity index is 1.71. The van der Waals surface area contributed by atoms with Crippen molar-refractivity contribution in [3.63, 3.8) is 0 Å². The van der Waals surface area contributed by atoms with Crippen LogP contribution in [0.25, 0.3) is 0 Å². The van der Waals surface area contributed by atoms with Crippen molar-refractivity contribution < 1.29 is 4.79 Å². The number of nitrogens with one attached hydrogen (secondary N) is 1. The fourth-order valence-electron chi connectivity index (χ4n) is 7.88. The van der Waals surface area contributed by atoms with Gasteiger partial charge < -0.3 is 5.32 Å². The van der Waals surface area contributed by atoms with Crippen molar-refractivity contribution in [2.24, 2.45) is 29.1 Å². The van der Waals surface area contributed by atoms with E-state index in [9.17, 15) is 4.79 Å². The molecule has 0 aromatic heterocycles. The van der Waals surface area contributed by atoms with Gasteiger partial charge in [0.2, 0.25) is 5.91 Å². The molecule has 1 N–H and O–H groups in total. The van der Waals surface area contributed by atoms with Gasteiger partial charge in [-0.3, -0.25) is 9.69 Å². The third-order valence-corrected chi connectivity index (χ3v) is 8.06. The van der Waals surface area contributed by atoms with E-state index in [-0.39, 0.29) is 0 Å². The summed E-state index contributed by atoms with van der Waals surface area (Å²) in [5.74, 6) is 3.82. The fraction of sp³-hybridized carbons (Fsp3) is 0.941. The van der Waals surface area contributed by atoms with Crippen LogP contribution in [0.5, 0.6) is 0 Å². The molecule has 2 aliphatic heterocycles. The molecule has 3 heteroatoms. The van der Waals surface area contributed by atoms with Crippen molar-refractivity contribution in [3.05, 3.63) is 0 Å². The number of piperidine rings is 2. The fourth-order valence-corrected chi connectivity index (χ4v) is 7.88. The molecule has 2 saturated heterocycles. The highest BCUT2D eigenvalue weighted by atomic mass is 16.1. The molecule has 3 aliphatic carbocycles. The van der Waals surface area contributed by atoms with Gasteiger partial charge in [0.1, 0.15) is 0 Å². The van der Waals surface area contributed by atoms with Crippen LogP contribution < -0.4 is 5.32 Å². The van der Waals surface area contributed by atoms with Gasteiger partial charge in [-0.15, -0.1) is 0 Å². The zero-order valence-electron chi connectivity index (χ0n) is 12.7. The van der Waals surface area contributed by atoms with E-state index >= 15 is 0 Å². The Kier molecular flexibility index (Phi) is 2.06. The normalized spacial score (nSPS) is 60.3. The molecule has 2 spiro atoms. The summed E-state index contributed by atoms with van der Waals surface area (Å²) >= 11 is 0. The Morgan fingerprint density at radius 3 is 3.00 bits per heavy atom. The van der Waals surface area contributed by atoms with E-state index in [1.165, 1.54) is 32.2 Å². The van der Waals surface area contributed by atoms with Crippen molar-refractivity contribution in [1.29, 1.82) is 0 Å². The minimum absolute atomic E-state index is 0.315. The molecule has 2 heterocycles. The first-order chi connectivity index (χ1) is 9.58. The van der Waals surface area contributed by atoms with Gasteiger partial charge >= 0.3 is 0 Å². The van der Waals surface area contributed by atoms with Crippen LogP contribution in [0.1, 0.15) is 45.4 Å². The van der Waals surface area contributed by atoms with Gasteiger partial charge in [0, 0.05) is 30.0 Å². The molecule has 3 saturated carbocycles. The van der Waals surface area contributed by atoms with E-state index in [0.29, 0.717) is 22.9 Å². The molecule has 5 aliphatic rings. The molecule has 110 valence electrons. The van der Waals surface area contributed by atoms with Gasteiger partial charge in [-0.25, -0.2) is 0 Å². The number of nitrogens with zero attached hydrogens (tertiary/aromatic N) is 1. The molecule has 0 aromatic rings. The second-order valence-electron chi connectivity index (χ2n) is 8.55. The topological polar surface area (TPSA) is 32.3 Å². The number of hydrogen-bond acceptors (Lipinski definition) is 2. The Morgan fingerprint density at radius 1 is 1.30 bits per heavy atom. The van der Waals surface area contributed by atoms with E-state index in [0.717, 1.165) is 36.5 Å². The lowest BCUT2D eigenvalue weighted by molar-refractivity contribution is -0.143. The summed E-state index contributed by atoms with van der Waals surface area (Å²) < 4.78 is 0. The summed E-state index contributed by atoms with van der Waals surface area (Å²) in [6.45, 7) is 3.75. The molecule has 20 heavy (non-hydrogen) atoms. The van der Waals surface area contributed by atoms with Gasteiger partial charge in [-0.05, 0) is 62.8 Å². The van der Waals surface area contributed by atoms with Crippen LogP contribution in [-0.4, -0.2) is 36.0 Å². The number of amides is 1. The molecular formula is C17H26N2O. The maximum atomic E-state index is 12.0. The summed E-state index contributed by atoms with van der Waals surface area (Å²) in [7, 11) is 2.38. The lowest BCUT2D eigenvalue weighted by atomic mass is 9.48.